The van der Waals surface area contributed by atoms with Gasteiger partial charge in [0.15, 0.2) is 0 Å². The Kier molecular flexibility index (Phi) is 4.27. The maximum atomic E-state index is 4.41. The summed E-state index contributed by atoms with van der Waals surface area (Å²) >= 11 is 0. The molecule has 2 aromatic heterocycles. The van der Waals surface area contributed by atoms with Crippen molar-refractivity contribution in [3.63, 3.8) is 0 Å². The average Bonchev–Trinajstić information content (AvgIpc) is 2.39. The summed E-state index contributed by atoms with van der Waals surface area (Å²) < 4.78 is 0. The third-order valence-corrected chi connectivity index (χ3v) is 3.11. The summed E-state index contributed by atoms with van der Waals surface area (Å²) in [5.41, 5.74) is 2.26. The molecule has 3 nitrogen and oxygen atoms in total. The third-order valence-electron chi connectivity index (χ3n) is 3.11. The van der Waals surface area contributed by atoms with E-state index >= 15 is 0 Å². The molecule has 0 saturated heterocycles. The van der Waals surface area contributed by atoms with Crippen LogP contribution in [0.5, 0.6) is 0 Å². The van der Waals surface area contributed by atoms with Crippen LogP contribution in [0.2, 0.25) is 0 Å². The lowest BCUT2D eigenvalue weighted by atomic mass is 10.0. The number of aromatic nitrogens is 2. The van der Waals surface area contributed by atoms with Crippen molar-refractivity contribution in [2.45, 2.75) is 39.4 Å². The van der Waals surface area contributed by atoms with Gasteiger partial charge in [0, 0.05) is 31.0 Å². The van der Waals surface area contributed by atoms with Gasteiger partial charge in [-0.3, -0.25) is 14.9 Å². The van der Waals surface area contributed by atoms with E-state index in [1.54, 1.807) is 0 Å². The molecule has 2 heterocycles. The second-order valence-corrected chi connectivity index (χ2v) is 5.67. The molecule has 0 amide bonds. The highest BCUT2D eigenvalue weighted by Crippen LogP contribution is 2.19. The Morgan fingerprint density at radius 3 is 1.63 bits per heavy atom. The smallest absolute Gasteiger partial charge is 0.0544 e. The monoisotopic (exact) mass is 255 g/mol. The van der Waals surface area contributed by atoms with Crippen LogP contribution in [0.25, 0.3) is 0 Å². The fourth-order valence-electron chi connectivity index (χ4n) is 1.90. The van der Waals surface area contributed by atoms with E-state index < -0.39 is 0 Å². The van der Waals surface area contributed by atoms with E-state index in [0.717, 1.165) is 24.5 Å². The first kappa shape index (κ1) is 13.7. The highest BCUT2D eigenvalue weighted by molar-refractivity contribution is 5.07. The lowest BCUT2D eigenvalue weighted by Crippen LogP contribution is -2.40. The highest BCUT2D eigenvalue weighted by atomic mass is 15.2. The van der Waals surface area contributed by atoms with Crippen LogP contribution < -0.4 is 0 Å². The molecule has 19 heavy (non-hydrogen) atoms. The van der Waals surface area contributed by atoms with E-state index in [2.05, 4.69) is 47.8 Å². The molecular weight excluding hydrogens is 234 g/mol. The molecule has 0 atom stereocenters. The highest BCUT2D eigenvalue weighted by Gasteiger charge is 2.22. The van der Waals surface area contributed by atoms with Crippen molar-refractivity contribution in [1.82, 2.24) is 14.9 Å². The van der Waals surface area contributed by atoms with E-state index in [-0.39, 0.29) is 5.54 Å². The molecule has 100 valence electrons. The minimum Gasteiger partial charge on any atom is -0.287 e. The first-order valence-electron chi connectivity index (χ1n) is 6.60. The van der Waals surface area contributed by atoms with Crippen LogP contribution in [-0.2, 0) is 13.1 Å². The van der Waals surface area contributed by atoms with E-state index in [4.69, 9.17) is 0 Å². The zero-order valence-electron chi connectivity index (χ0n) is 11.9. The summed E-state index contributed by atoms with van der Waals surface area (Å²) in [6.07, 6.45) is 3.69. The van der Waals surface area contributed by atoms with Crippen molar-refractivity contribution >= 4 is 0 Å². The summed E-state index contributed by atoms with van der Waals surface area (Å²) in [4.78, 5) is 11.2. The molecule has 0 radical (unpaired) electrons. The Balaban J connectivity index is 2.13. The fraction of sp³-hybridized carbons (Fsp3) is 0.375. The van der Waals surface area contributed by atoms with Crippen LogP contribution >= 0.6 is 0 Å². The van der Waals surface area contributed by atoms with Crippen molar-refractivity contribution < 1.29 is 0 Å². The third kappa shape index (κ3) is 4.14. The maximum absolute atomic E-state index is 4.41. The molecular formula is C16H21N3. The molecule has 0 aliphatic carbocycles. The van der Waals surface area contributed by atoms with Crippen LogP contribution in [0.15, 0.2) is 48.8 Å². The van der Waals surface area contributed by atoms with Gasteiger partial charge >= 0.3 is 0 Å². The second kappa shape index (κ2) is 5.93. The van der Waals surface area contributed by atoms with Gasteiger partial charge in [-0.25, -0.2) is 0 Å². The molecule has 0 aliphatic heterocycles. The van der Waals surface area contributed by atoms with Crippen LogP contribution in [0.3, 0.4) is 0 Å². The van der Waals surface area contributed by atoms with Crippen molar-refractivity contribution in [3.8, 4) is 0 Å². The van der Waals surface area contributed by atoms with E-state index in [9.17, 15) is 0 Å². The van der Waals surface area contributed by atoms with Crippen LogP contribution in [0.1, 0.15) is 32.2 Å². The van der Waals surface area contributed by atoms with Gasteiger partial charge in [0.05, 0.1) is 11.4 Å². The normalized spacial score (nSPS) is 11.8. The van der Waals surface area contributed by atoms with Crippen molar-refractivity contribution in [2.24, 2.45) is 0 Å². The second-order valence-electron chi connectivity index (χ2n) is 5.67. The Hall–Kier alpha value is -1.74. The van der Waals surface area contributed by atoms with Crippen LogP contribution in [-0.4, -0.2) is 20.4 Å². The average molecular weight is 255 g/mol. The van der Waals surface area contributed by atoms with E-state index in [1.165, 1.54) is 0 Å². The molecule has 2 rings (SSSR count). The minimum atomic E-state index is 0.0784. The predicted molar refractivity (Wildman–Crippen MR) is 77.5 cm³/mol. The lowest BCUT2D eigenvalue weighted by Gasteiger charge is -2.35. The largest absolute Gasteiger partial charge is 0.287 e. The van der Waals surface area contributed by atoms with Crippen LogP contribution in [0, 0.1) is 0 Å². The molecule has 3 heteroatoms. The van der Waals surface area contributed by atoms with Gasteiger partial charge in [-0.05, 0) is 45.0 Å². The van der Waals surface area contributed by atoms with Crippen molar-refractivity contribution in [1.29, 1.82) is 0 Å². The fourth-order valence-corrected chi connectivity index (χ4v) is 1.90. The Labute approximate surface area is 115 Å². The Bertz CT molecular complexity index is 447. The number of nitrogens with zero attached hydrogens (tertiary/aromatic N) is 3. The number of hydrogen-bond acceptors (Lipinski definition) is 3. The maximum Gasteiger partial charge on any atom is 0.0544 e. The summed E-state index contributed by atoms with van der Waals surface area (Å²) in [6, 6.07) is 12.1. The standard InChI is InChI=1S/C16H21N3/c1-16(2,3)19(12-14-8-4-6-10-17-14)13-15-9-5-7-11-18-15/h4-11H,12-13H2,1-3H3. The topological polar surface area (TPSA) is 29.0 Å². The van der Waals surface area contributed by atoms with Crippen molar-refractivity contribution in [2.75, 3.05) is 0 Å². The zero-order valence-corrected chi connectivity index (χ0v) is 11.9. The predicted octanol–water partition coefficient (Wildman–Crippen LogP) is 3.28. The van der Waals surface area contributed by atoms with Gasteiger partial charge in [0.1, 0.15) is 0 Å². The molecule has 0 fully saturated rings. The van der Waals surface area contributed by atoms with E-state index in [0.29, 0.717) is 0 Å². The zero-order chi connectivity index (χ0) is 13.7. The number of rotatable bonds is 4. The van der Waals surface area contributed by atoms with Crippen molar-refractivity contribution in [3.05, 3.63) is 60.2 Å². The molecule has 0 N–H and O–H groups in total. The van der Waals surface area contributed by atoms with Gasteiger partial charge < -0.3 is 0 Å². The molecule has 0 saturated carbocycles. The van der Waals surface area contributed by atoms with Gasteiger partial charge in [-0.2, -0.15) is 0 Å². The lowest BCUT2D eigenvalue weighted by molar-refractivity contribution is 0.115. The quantitative estimate of drug-likeness (QED) is 0.839. The van der Waals surface area contributed by atoms with Gasteiger partial charge in [0.2, 0.25) is 0 Å². The Morgan fingerprint density at radius 2 is 1.32 bits per heavy atom. The Morgan fingerprint density at radius 1 is 0.842 bits per heavy atom. The summed E-state index contributed by atoms with van der Waals surface area (Å²) in [5, 5.41) is 0. The van der Waals surface area contributed by atoms with E-state index in [1.807, 2.05) is 36.7 Å². The van der Waals surface area contributed by atoms with Gasteiger partial charge in [0.25, 0.3) is 0 Å². The SMILES string of the molecule is CC(C)(C)N(Cc1ccccn1)Cc1ccccn1. The molecule has 0 spiro atoms. The molecule has 2 aromatic rings. The van der Waals surface area contributed by atoms with Crippen LogP contribution in [0.4, 0.5) is 0 Å². The summed E-state index contributed by atoms with van der Waals surface area (Å²) in [6.45, 7) is 8.33. The van der Waals surface area contributed by atoms with Gasteiger partial charge in [-0.1, -0.05) is 12.1 Å². The minimum absolute atomic E-state index is 0.0784. The molecule has 0 bridgehead atoms. The summed E-state index contributed by atoms with van der Waals surface area (Å²) in [5.74, 6) is 0. The first-order chi connectivity index (χ1) is 9.05. The van der Waals surface area contributed by atoms with Gasteiger partial charge in [-0.15, -0.1) is 0 Å². The first-order valence-corrected chi connectivity index (χ1v) is 6.60. The number of pyridine rings is 2. The molecule has 0 aliphatic rings. The summed E-state index contributed by atoms with van der Waals surface area (Å²) in [7, 11) is 0. The number of hydrogen-bond donors (Lipinski definition) is 0. The molecule has 0 aromatic carbocycles. The molecule has 0 unspecified atom stereocenters.